The first-order chi connectivity index (χ1) is 13.5. The van der Waals surface area contributed by atoms with Crippen LogP contribution in [0.15, 0.2) is 65.0 Å². The Hall–Kier alpha value is -2.65. The molecule has 0 aliphatic heterocycles. The van der Waals surface area contributed by atoms with Gasteiger partial charge in [-0.2, -0.15) is 0 Å². The molecule has 0 atom stereocenters. The number of benzene rings is 2. The molecule has 2 aromatic carbocycles. The van der Waals surface area contributed by atoms with E-state index in [1.165, 1.54) is 11.8 Å². The summed E-state index contributed by atoms with van der Waals surface area (Å²) >= 11 is 1.00. The van der Waals surface area contributed by atoms with Crippen molar-refractivity contribution in [2.75, 3.05) is 11.4 Å². The molecule has 3 rings (SSSR count). The lowest BCUT2D eigenvalue weighted by molar-refractivity contribution is -0.656. The zero-order valence-electron chi connectivity index (χ0n) is 16.4. The molecule has 0 aliphatic rings. The molecule has 9 heteroatoms. The summed E-state index contributed by atoms with van der Waals surface area (Å²) in [5, 5.41) is 19.9. The maximum Gasteiger partial charge on any atom is 0.414 e. The van der Waals surface area contributed by atoms with Crippen molar-refractivity contribution >= 4 is 32.8 Å². The first-order valence-corrected chi connectivity index (χ1v) is 9.74. The highest BCUT2D eigenvalue weighted by Crippen LogP contribution is 2.30. The second kappa shape index (κ2) is 10.2. The predicted molar refractivity (Wildman–Crippen MR) is 111 cm³/mol. The lowest BCUT2D eigenvalue weighted by Crippen LogP contribution is -3.00. The number of aromatic nitrogens is 1. The van der Waals surface area contributed by atoms with Crippen molar-refractivity contribution in [3.05, 3.63) is 76.0 Å². The van der Waals surface area contributed by atoms with E-state index in [0.717, 1.165) is 41.4 Å². The van der Waals surface area contributed by atoms with Crippen molar-refractivity contribution in [3.8, 4) is 0 Å². The van der Waals surface area contributed by atoms with Crippen molar-refractivity contribution in [2.24, 2.45) is 17.3 Å². The third kappa shape index (κ3) is 5.68. The van der Waals surface area contributed by atoms with Crippen molar-refractivity contribution in [1.29, 1.82) is 0 Å². The van der Waals surface area contributed by atoms with Crippen molar-refractivity contribution < 1.29 is 26.5 Å². The van der Waals surface area contributed by atoms with Gasteiger partial charge in [0.05, 0.1) is 17.1 Å². The molecule has 1 aromatic heterocycles. The van der Waals surface area contributed by atoms with E-state index in [1.54, 1.807) is 11.6 Å². The molecular weight excluding hydrogens is 454 g/mol. The van der Waals surface area contributed by atoms with E-state index < -0.39 is 4.92 Å². The second-order valence-corrected chi connectivity index (χ2v) is 7.38. The highest BCUT2D eigenvalue weighted by atomic mass is 79.9. The minimum Gasteiger partial charge on any atom is -1.00 e. The largest absolute Gasteiger partial charge is 1.00 e. The van der Waals surface area contributed by atoms with E-state index in [0.29, 0.717) is 5.13 Å². The summed E-state index contributed by atoms with van der Waals surface area (Å²) in [5.41, 5.74) is 4.13. The minimum atomic E-state index is -0.421. The molecule has 7 nitrogen and oxygen atoms in total. The Morgan fingerprint density at radius 1 is 1.17 bits per heavy atom. The zero-order chi connectivity index (χ0) is 20.1. The summed E-state index contributed by atoms with van der Waals surface area (Å²) in [5.74, 6) is 0. The van der Waals surface area contributed by atoms with Crippen LogP contribution in [0.25, 0.3) is 0 Å². The van der Waals surface area contributed by atoms with Gasteiger partial charge < -0.3 is 21.9 Å². The molecule has 0 radical (unpaired) electrons. The molecule has 3 aromatic rings. The van der Waals surface area contributed by atoms with E-state index in [-0.39, 0.29) is 22.0 Å². The third-order valence-electron chi connectivity index (χ3n) is 4.37. The number of aryl methyl sites for hydroxylation is 2. The van der Waals surface area contributed by atoms with E-state index in [1.807, 2.05) is 37.3 Å². The van der Waals surface area contributed by atoms with Gasteiger partial charge in [-0.15, -0.1) is 0 Å². The predicted octanol–water partition coefficient (Wildman–Crippen LogP) is 2.24. The van der Waals surface area contributed by atoms with Crippen molar-refractivity contribution in [3.63, 3.8) is 0 Å². The van der Waals surface area contributed by atoms with Crippen LogP contribution in [0, 0.1) is 17.0 Å². The summed E-state index contributed by atoms with van der Waals surface area (Å²) < 4.78 is 1.61. The molecule has 0 saturated heterocycles. The van der Waals surface area contributed by atoms with E-state index in [9.17, 15) is 10.1 Å². The van der Waals surface area contributed by atoms with Gasteiger partial charge in [-0.05, 0) is 48.3 Å². The van der Waals surface area contributed by atoms with Crippen LogP contribution in [0.2, 0.25) is 0 Å². The zero-order valence-corrected chi connectivity index (χ0v) is 18.9. The van der Waals surface area contributed by atoms with Crippen LogP contribution in [0.3, 0.4) is 0 Å². The Bertz CT molecular complexity index is 1010. The Balaban J connectivity index is 0.00000300. The highest BCUT2D eigenvalue weighted by molar-refractivity contribution is 7.17. The Kier molecular flexibility index (Phi) is 7.98. The number of nitro groups is 1. The van der Waals surface area contributed by atoms with Crippen LogP contribution in [0.1, 0.15) is 18.1 Å². The number of azo groups is 1. The number of nitrogens with zero attached hydrogens (tertiary/aromatic N) is 5. The summed E-state index contributed by atoms with van der Waals surface area (Å²) in [6.07, 6.45) is 1.44. The van der Waals surface area contributed by atoms with Gasteiger partial charge in [0.1, 0.15) is 5.69 Å². The maximum atomic E-state index is 10.9. The molecule has 0 amide bonds. The smallest absolute Gasteiger partial charge is 0.414 e. The van der Waals surface area contributed by atoms with Gasteiger partial charge in [0.15, 0.2) is 6.20 Å². The molecule has 0 fully saturated rings. The molecule has 0 bridgehead atoms. The molecule has 0 N–H and O–H groups in total. The summed E-state index contributed by atoms with van der Waals surface area (Å²) in [6.45, 7) is 5.86. The van der Waals surface area contributed by atoms with Crippen LogP contribution in [-0.4, -0.2) is 11.5 Å². The van der Waals surface area contributed by atoms with Gasteiger partial charge in [0, 0.05) is 30.1 Å². The molecule has 29 heavy (non-hydrogen) atoms. The highest BCUT2D eigenvalue weighted by Gasteiger charge is 2.21. The number of thiazole rings is 1. The molecule has 0 aliphatic carbocycles. The molecule has 1 heterocycles. The van der Waals surface area contributed by atoms with Gasteiger partial charge >= 0.3 is 10.1 Å². The van der Waals surface area contributed by atoms with E-state index in [2.05, 4.69) is 40.3 Å². The SMILES string of the molecule is CCN(Cc1ccccc1)c1ccc(/N=N/c2sc([N+](=O)[O-])c[n+]2C)c(C)c1.[Br-]. The fraction of sp³-hybridized carbons (Fsp3) is 0.250. The molecule has 0 spiro atoms. The van der Waals surface area contributed by atoms with Crippen LogP contribution in [-0.2, 0) is 13.6 Å². The Labute approximate surface area is 184 Å². The normalized spacial score (nSPS) is 10.7. The molecular formula is C20H22BrN5O2S. The van der Waals surface area contributed by atoms with Gasteiger partial charge in [-0.1, -0.05) is 30.3 Å². The fourth-order valence-corrected chi connectivity index (χ4v) is 3.57. The topological polar surface area (TPSA) is 75.0 Å². The lowest BCUT2D eigenvalue weighted by Gasteiger charge is -2.23. The van der Waals surface area contributed by atoms with Gasteiger partial charge in [-0.25, -0.2) is 4.57 Å². The first kappa shape index (κ1) is 22.6. The Morgan fingerprint density at radius 2 is 1.90 bits per heavy atom. The maximum absolute atomic E-state index is 10.9. The average molecular weight is 476 g/mol. The minimum absolute atomic E-state index is 0. The standard InChI is InChI=1S/C20H22N5O2S.BrH/c1-4-24(13-16-8-6-5-7-9-16)17-10-11-18(15(2)12-17)21-22-20-23(3)14-19(28-20)25(26)27;/h5-12,14H,4,13H2,1-3H3;1H/q+1;/p-1. The van der Waals surface area contributed by atoms with Crippen LogP contribution >= 0.6 is 11.3 Å². The van der Waals surface area contributed by atoms with Crippen molar-refractivity contribution in [2.45, 2.75) is 20.4 Å². The van der Waals surface area contributed by atoms with Gasteiger partial charge in [0.2, 0.25) is 0 Å². The lowest BCUT2D eigenvalue weighted by atomic mass is 10.1. The summed E-state index contributed by atoms with van der Waals surface area (Å²) in [6, 6.07) is 16.4. The number of anilines is 1. The van der Waals surface area contributed by atoms with Crippen molar-refractivity contribution in [1.82, 2.24) is 0 Å². The number of halogens is 1. The molecule has 0 unspecified atom stereocenters. The van der Waals surface area contributed by atoms with Gasteiger partial charge in [0.25, 0.3) is 0 Å². The second-order valence-electron chi connectivity index (χ2n) is 6.39. The van der Waals surface area contributed by atoms with Crippen LogP contribution in [0.4, 0.5) is 21.5 Å². The first-order valence-electron chi connectivity index (χ1n) is 8.93. The molecule has 152 valence electrons. The van der Waals surface area contributed by atoms with E-state index >= 15 is 0 Å². The fourth-order valence-electron chi connectivity index (χ4n) is 2.82. The summed E-state index contributed by atoms with van der Waals surface area (Å²) in [4.78, 5) is 12.8. The third-order valence-corrected chi connectivity index (χ3v) is 5.38. The number of hydrogen-bond acceptors (Lipinski definition) is 6. The quantitative estimate of drug-likeness (QED) is 0.227. The molecule has 0 saturated carbocycles. The van der Waals surface area contributed by atoms with Gasteiger partial charge in [-0.3, -0.25) is 10.1 Å². The summed E-state index contributed by atoms with van der Waals surface area (Å²) in [7, 11) is 1.72. The Morgan fingerprint density at radius 3 is 2.48 bits per heavy atom. The van der Waals surface area contributed by atoms with Crippen LogP contribution in [0.5, 0.6) is 0 Å². The van der Waals surface area contributed by atoms with Crippen LogP contribution < -0.4 is 26.4 Å². The average Bonchev–Trinajstić information content (AvgIpc) is 3.07. The van der Waals surface area contributed by atoms with E-state index in [4.69, 9.17) is 0 Å². The monoisotopic (exact) mass is 475 g/mol. The number of rotatable bonds is 7. The number of hydrogen-bond donors (Lipinski definition) is 0.